The van der Waals surface area contributed by atoms with Crippen LogP contribution in [0.2, 0.25) is 0 Å². The summed E-state index contributed by atoms with van der Waals surface area (Å²) in [7, 11) is -3.06. The molecule has 1 heterocycles. The normalized spacial score (nSPS) is 24.5. The largest absolute Gasteiger partial charge is 0.394 e. The fourth-order valence-electron chi connectivity index (χ4n) is 1.96. The van der Waals surface area contributed by atoms with Crippen molar-refractivity contribution in [3.63, 3.8) is 0 Å². The molecule has 6 nitrogen and oxygen atoms in total. The van der Waals surface area contributed by atoms with Gasteiger partial charge in [0.25, 0.3) is 0 Å². The molecule has 0 aromatic heterocycles. The number of aliphatic hydroxyl groups excluding tert-OH is 2. The number of sulfone groups is 1. The molecule has 2 atom stereocenters. The van der Waals surface area contributed by atoms with Gasteiger partial charge in [0.2, 0.25) is 5.91 Å². The van der Waals surface area contributed by atoms with Crippen molar-refractivity contribution in [2.45, 2.75) is 31.9 Å². The van der Waals surface area contributed by atoms with E-state index in [1.54, 1.807) is 6.92 Å². The van der Waals surface area contributed by atoms with Gasteiger partial charge in [-0.05, 0) is 6.42 Å². The van der Waals surface area contributed by atoms with Crippen LogP contribution >= 0.6 is 0 Å². The van der Waals surface area contributed by atoms with Gasteiger partial charge in [-0.2, -0.15) is 0 Å². The number of carbonyl (C=O) groups excluding carboxylic acids is 1. The fraction of sp³-hybridized carbons (Fsp3) is 0.900. The zero-order valence-corrected chi connectivity index (χ0v) is 10.7. The van der Waals surface area contributed by atoms with E-state index in [-0.39, 0.29) is 36.4 Å². The maximum Gasteiger partial charge on any atom is 0.222 e. The molecular formula is C10H19NO5S. The first-order valence-corrected chi connectivity index (χ1v) is 7.50. The molecule has 17 heavy (non-hydrogen) atoms. The van der Waals surface area contributed by atoms with Gasteiger partial charge in [0.1, 0.15) is 0 Å². The molecule has 1 aliphatic heterocycles. The Hall–Kier alpha value is -0.660. The molecule has 0 unspecified atom stereocenters. The van der Waals surface area contributed by atoms with Crippen molar-refractivity contribution >= 4 is 15.7 Å². The van der Waals surface area contributed by atoms with Crippen molar-refractivity contribution in [1.82, 2.24) is 4.90 Å². The monoisotopic (exact) mass is 265 g/mol. The molecule has 0 radical (unpaired) electrons. The Bertz CT molecular complexity index is 367. The summed E-state index contributed by atoms with van der Waals surface area (Å²) >= 11 is 0. The zero-order valence-electron chi connectivity index (χ0n) is 9.87. The lowest BCUT2D eigenvalue weighted by molar-refractivity contribution is -0.134. The lowest BCUT2D eigenvalue weighted by Gasteiger charge is -2.29. The predicted octanol–water partition coefficient (Wildman–Crippen LogP) is -1.23. The van der Waals surface area contributed by atoms with Crippen LogP contribution in [0, 0.1) is 0 Å². The Kier molecular flexibility index (Phi) is 4.91. The summed E-state index contributed by atoms with van der Waals surface area (Å²) in [5.41, 5.74) is 0. The van der Waals surface area contributed by atoms with Crippen LogP contribution in [0.15, 0.2) is 0 Å². The highest BCUT2D eigenvalue weighted by Crippen LogP contribution is 2.18. The molecule has 2 N–H and O–H groups in total. The molecule has 0 aliphatic carbocycles. The molecule has 0 aromatic rings. The highest BCUT2D eigenvalue weighted by atomic mass is 32.2. The Morgan fingerprint density at radius 3 is 2.59 bits per heavy atom. The average Bonchev–Trinajstić information content (AvgIpc) is 2.64. The van der Waals surface area contributed by atoms with Gasteiger partial charge in [0, 0.05) is 19.0 Å². The molecule has 100 valence electrons. The van der Waals surface area contributed by atoms with Crippen LogP contribution in [-0.4, -0.2) is 66.2 Å². The number of amides is 1. The lowest BCUT2D eigenvalue weighted by atomic mass is 10.2. The maximum absolute atomic E-state index is 11.7. The fourth-order valence-corrected chi connectivity index (χ4v) is 3.69. The Morgan fingerprint density at radius 1 is 1.53 bits per heavy atom. The van der Waals surface area contributed by atoms with Crippen LogP contribution in [0.25, 0.3) is 0 Å². The van der Waals surface area contributed by atoms with Crippen LogP contribution < -0.4 is 0 Å². The second-order valence-electron chi connectivity index (χ2n) is 4.29. The smallest absolute Gasteiger partial charge is 0.222 e. The van der Waals surface area contributed by atoms with E-state index in [1.807, 2.05) is 0 Å². The molecule has 7 heteroatoms. The summed E-state index contributed by atoms with van der Waals surface area (Å²) in [4.78, 5) is 13.1. The predicted molar refractivity (Wildman–Crippen MR) is 62.2 cm³/mol. The van der Waals surface area contributed by atoms with Crippen molar-refractivity contribution in [2.24, 2.45) is 0 Å². The number of carbonyl (C=O) groups is 1. The van der Waals surface area contributed by atoms with Crippen molar-refractivity contribution < 1.29 is 23.4 Å². The van der Waals surface area contributed by atoms with E-state index in [9.17, 15) is 18.3 Å². The van der Waals surface area contributed by atoms with Crippen LogP contribution in [-0.2, 0) is 14.6 Å². The molecule has 0 spiro atoms. The molecular weight excluding hydrogens is 246 g/mol. The van der Waals surface area contributed by atoms with Gasteiger partial charge >= 0.3 is 0 Å². The van der Waals surface area contributed by atoms with Crippen molar-refractivity contribution in [1.29, 1.82) is 0 Å². The van der Waals surface area contributed by atoms with E-state index in [2.05, 4.69) is 0 Å². The topological polar surface area (TPSA) is 94.9 Å². The first-order valence-electron chi connectivity index (χ1n) is 5.68. The lowest BCUT2D eigenvalue weighted by Crippen LogP contribution is -2.45. The third kappa shape index (κ3) is 3.93. The van der Waals surface area contributed by atoms with E-state index in [0.717, 1.165) is 0 Å². The van der Waals surface area contributed by atoms with Gasteiger partial charge in [-0.1, -0.05) is 6.92 Å². The van der Waals surface area contributed by atoms with Gasteiger partial charge in [-0.25, -0.2) is 8.42 Å². The standard InChI is InChI=1S/C10H19NO5S/c1-2-10(14)11(5-9(13)6-12)8-3-4-17(15,16)7-8/h8-9,12-13H,2-7H2,1H3/t8-,9-/m1/s1. The molecule has 1 fully saturated rings. The van der Waals surface area contributed by atoms with E-state index in [0.29, 0.717) is 6.42 Å². The minimum atomic E-state index is -3.06. The molecule has 1 aliphatic rings. The summed E-state index contributed by atoms with van der Waals surface area (Å²) in [6, 6.07) is -0.367. The number of aliphatic hydroxyl groups is 2. The molecule has 0 aromatic carbocycles. The highest BCUT2D eigenvalue weighted by molar-refractivity contribution is 7.91. The van der Waals surface area contributed by atoms with E-state index in [4.69, 9.17) is 5.11 Å². The SMILES string of the molecule is CCC(=O)N(C[C@@H](O)CO)[C@@H]1CCS(=O)(=O)C1. The second kappa shape index (κ2) is 5.79. The molecule has 0 bridgehead atoms. The number of nitrogens with zero attached hydrogens (tertiary/aromatic N) is 1. The Balaban J connectivity index is 2.74. The average molecular weight is 265 g/mol. The van der Waals surface area contributed by atoms with E-state index in [1.165, 1.54) is 4.90 Å². The van der Waals surface area contributed by atoms with E-state index >= 15 is 0 Å². The van der Waals surface area contributed by atoms with Gasteiger partial charge < -0.3 is 15.1 Å². The number of hydrogen-bond acceptors (Lipinski definition) is 5. The Labute approximate surface area is 101 Å². The first kappa shape index (κ1) is 14.4. The van der Waals surface area contributed by atoms with Gasteiger partial charge in [-0.15, -0.1) is 0 Å². The summed E-state index contributed by atoms with van der Waals surface area (Å²) < 4.78 is 22.7. The third-order valence-electron chi connectivity index (χ3n) is 2.89. The van der Waals surface area contributed by atoms with Gasteiger partial charge in [0.05, 0.1) is 24.2 Å². The highest BCUT2D eigenvalue weighted by Gasteiger charge is 2.34. The van der Waals surface area contributed by atoms with Crippen molar-refractivity contribution in [3.8, 4) is 0 Å². The van der Waals surface area contributed by atoms with E-state index < -0.39 is 22.5 Å². The first-order chi connectivity index (χ1) is 7.89. The van der Waals surface area contributed by atoms with Crippen LogP contribution in [0.3, 0.4) is 0 Å². The zero-order chi connectivity index (χ0) is 13.1. The van der Waals surface area contributed by atoms with Crippen molar-refractivity contribution in [3.05, 3.63) is 0 Å². The van der Waals surface area contributed by atoms with Crippen LogP contribution in [0.5, 0.6) is 0 Å². The Morgan fingerprint density at radius 2 is 2.18 bits per heavy atom. The molecule has 1 saturated heterocycles. The van der Waals surface area contributed by atoms with Gasteiger partial charge in [-0.3, -0.25) is 4.79 Å². The minimum Gasteiger partial charge on any atom is -0.394 e. The summed E-state index contributed by atoms with van der Waals surface area (Å²) in [6.07, 6.45) is -0.352. The van der Waals surface area contributed by atoms with Crippen LogP contribution in [0.1, 0.15) is 19.8 Å². The minimum absolute atomic E-state index is 0.0106. The number of rotatable bonds is 5. The molecule has 1 amide bonds. The summed E-state index contributed by atoms with van der Waals surface area (Å²) in [5.74, 6) is -0.156. The molecule has 1 rings (SSSR count). The second-order valence-corrected chi connectivity index (χ2v) is 6.52. The third-order valence-corrected chi connectivity index (χ3v) is 4.64. The maximum atomic E-state index is 11.7. The quantitative estimate of drug-likeness (QED) is 0.649. The summed E-state index contributed by atoms with van der Waals surface area (Å²) in [5, 5.41) is 18.1. The molecule has 0 saturated carbocycles. The van der Waals surface area contributed by atoms with Crippen molar-refractivity contribution in [2.75, 3.05) is 24.7 Å². The van der Waals surface area contributed by atoms with Gasteiger partial charge in [0.15, 0.2) is 9.84 Å². The van der Waals surface area contributed by atoms with Crippen LogP contribution in [0.4, 0.5) is 0 Å². The number of hydrogen-bond donors (Lipinski definition) is 2. The summed E-state index contributed by atoms with van der Waals surface area (Å²) in [6.45, 7) is 1.24.